The summed E-state index contributed by atoms with van der Waals surface area (Å²) in [5.74, 6) is 2.53. The Morgan fingerprint density at radius 1 is 0.342 bits per heavy atom. The molecule has 400 valence electrons. The molecule has 0 N–H and O–H groups in total. The fourth-order valence-electron chi connectivity index (χ4n) is 14.7. The second-order valence-corrected chi connectivity index (χ2v) is 24.2. The molecule has 8 rings (SSSR count). The Balaban J connectivity index is 0.954. The Hall–Kier alpha value is -3.44. The number of rotatable bonds is 26. The maximum absolute atomic E-state index is 14.5. The van der Waals surface area contributed by atoms with E-state index >= 15 is 0 Å². The van der Waals surface area contributed by atoms with Gasteiger partial charge in [0, 0.05) is 0 Å². The van der Waals surface area contributed by atoms with Crippen LogP contribution in [0.25, 0.3) is 22.3 Å². The van der Waals surface area contributed by atoms with E-state index in [-0.39, 0.29) is 12.2 Å². The molecule has 4 aromatic carbocycles. The zero-order valence-corrected chi connectivity index (χ0v) is 45.4. The highest BCUT2D eigenvalue weighted by molar-refractivity contribution is 5.64. The van der Waals surface area contributed by atoms with Crippen molar-refractivity contribution < 1.29 is 22.3 Å². The van der Waals surface area contributed by atoms with E-state index in [1.54, 1.807) is 12.1 Å². The van der Waals surface area contributed by atoms with Gasteiger partial charge in [0.05, 0.1) is 12.2 Å². The summed E-state index contributed by atoms with van der Waals surface area (Å²) < 4.78 is 64.7. The molecule has 4 aliphatic rings. The van der Waals surface area contributed by atoms with Gasteiger partial charge < -0.3 is 4.74 Å². The monoisotopic (exact) mass is 1000 g/mol. The molecule has 2 unspecified atom stereocenters. The molecule has 2 atom stereocenters. The van der Waals surface area contributed by atoms with Crippen molar-refractivity contribution in [2.75, 3.05) is 0 Å². The van der Waals surface area contributed by atoms with Crippen molar-refractivity contribution in [3.05, 3.63) is 119 Å². The summed E-state index contributed by atoms with van der Waals surface area (Å²) in [5.41, 5.74) is 5.37. The zero-order valence-electron chi connectivity index (χ0n) is 45.4. The first kappa shape index (κ1) is 55.8. The fraction of sp³-hybridized carbons (Fsp3) is 0.647. The highest BCUT2D eigenvalue weighted by Gasteiger charge is 2.39. The molecular formula is C68H94F4O. The Bertz CT molecular complexity index is 2010. The molecule has 0 aromatic heterocycles. The Morgan fingerprint density at radius 3 is 0.973 bits per heavy atom. The van der Waals surface area contributed by atoms with Gasteiger partial charge in [0.2, 0.25) is 0 Å². The summed E-state index contributed by atoms with van der Waals surface area (Å²) in [6, 6.07) is 25.3. The molecule has 0 saturated heterocycles. The molecule has 0 aliphatic heterocycles. The van der Waals surface area contributed by atoms with Gasteiger partial charge in [-0.05, 0) is 182 Å². The lowest BCUT2D eigenvalue weighted by molar-refractivity contribution is -0.0934. The van der Waals surface area contributed by atoms with Crippen LogP contribution in [0.1, 0.15) is 243 Å². The molecule has 73 heavy (non-hydrogen) atoms. The van der Waals surface area contributed by atoms with Crippen molar-refractivity contribution in [1.82, 2.24) is 0 Å². The topological polar surface area (TPSA) is 9.23 Å². The van der Waals surface area contributed by atoms with Gasteiger partial charge in [0.15, 0.2) is 23.3 Å². The summed E-state index contributed by atoms with van der Waals surface area (Å²) in [6.45, 7) is 4.60. The highest BCUT2D eigenvalue weighted by atomic mass is 19.2. The average molecular weight is 1000 g/mol. The third-order valence-corrected chi connectivity index (χ3v) is 19.3. The Labute approximate surface area is 440 Å². The lowest BCUT2D eigenvalue weighted by atomic mass is 9.67. The Morgan fingerprint density at radius 2 is 0.644 bits per heavy atom. The zero-order chi connectivity index (χ0) is 50.8. The normalized spacial score (nSPS) is 25.6. The van der Waals surface area contributed by atoms with Crippen LogP contribution in [0.15, 0.2) is 84.9 Å². The second kappa shape index (κ2) is 29.2. The van der Waals surface area contributed by atoms with Crippen molar-refractivity contribution in [3.8, 4) is 22.3 Å². The van der Waals surface area contributed by atoms with Gasteiger partial charge in [-0.3, -0.25) is 0 Å². The molecule has 4 aliphatic carbocycles. The van der Waals surface area contributed by atoms with Gasteiger partial charge in [-0.25, -0.2) is 17.6 Å². The number of benzene rings is 4. The summed E-state index contributed by atoms with van der Waals surface area (Å²) in [5, 5.41) is 0. The van der Waals surface area contributed by atoms with Crippen molar-refractivity contribution in [2.24, 2.45) is 47.3 Å². The Kier molecular flexibility index (Phi) is 22.3. The van der Waals surface area contributed by atoms with E-state index in [0.717, 1.165) is 83.4 Å². The van der Waals surface area contributed by atoms with Crippen LogP contribution in [0, 0.1) is 70.6 Å². The molecule has 0 amide bonds. The van der Waals surface area contributed by atoms with Gasteiger partial charge in [0.25, 0.3) is 0 Å². The molecule has 0 spiro atoms. The SMILES string of the molecule is CCCCCCCCCC1CCC(C2CCC(C(OC(c3ccc(-c4ccc(F)c(F)c4)cc3)C3CCC(C4CCC(CCCCCCCCC)CC4)CC3)c3ccc(-c4ccc(F)c(F)c4)cc3)CC2)CC1. The van der Waals surface area contributed by atoms with Crippen molar-refractivity contribution in [2.45, 2.75) is 232 Å². The van der Waals surface area contributed by atoms with E-state index in [4.69, 9.17) is 4.74 Å². The predicted molar refractivity (Wildman–Crippen MR) is 297 cm³/mol. The van der Waals surface area contributed by atoms with Crippen LogP contribution in [-0.2, 0) is 4.74 Å². The first-order valence-electron chi connectivity index (χ1n) is 30.5. The third-order valence-electron chi connectivity index (χ3n) is 19.3. The molecule has 1 nitrogen and oxygen atoms in total. The second-order valence-electron chi connectivity index (χ2n) is 24.2. The van der Waals surface area contributed by atoms with Crippen LogP contribution in [0.4, 0.5) is 17.6 Å². The van der Waals surface area contributed by atoms with E-state index < -0.39 is 23.3 Å². The number of halogens is 4. The van der Waals surface area contributed by atoms with Gasteiger partial charge in [-0.1, -0.05) is 203 Å². The average Bonchev–Trinajstić information content (AvgIpc) is 3.43. The number of unbranched alkanes of at least 4 members (excludes halogenated alkanes) is 12. The van der Waals surface area contributed by atoms with Gasteiger partial charge >= 0.3 is 0 Å². The van der Waals surface area contributed by atoms with E-state index in [9.17, 15) is 17.6 Å². The highest BCUT2D eigenvalue weighted by Crippen LogP contribution is 2.51. The lowest BCUT2D eigenvalue weighted by Gasteiger charge is -2.43. The predicted octanol–water partition coefficient (Wildman–Crippen LogP) is 21.9. The first-order chi connectivity index (χ1) is 35.8. The standard InChI is InChI=1S/C68H94F4O/c1-3-5-7-9-11-13-15-17-49-19-23-51(24-20-49)53-27-35-57(36-28-53)67(59-39-31-55(32-40-59)61-43-45-63(69)65(71)47-61)73-68(60-41-33-56(34-42-60)62-44-46-64(70)66(72)48-62)58-37-29-54(30-38-58)52-25-21-50(22-26-52)18-16-14-12-10-8-6-4-2/h31-34,39-54,57-58,67-68H,3-30,35-38H2,1-2H3. The quantitative estimate of drug-likeness (QED) is 0.0450. The summed E-state index contributed by atoms with van der Waals surface area (Å²) in [4.78, 5) is 0. The van der Waals surface area contributed by atoms with Crippen LogP contribution in [0.3, 0.4) is 0 Å². The number of ether oxygens (including phenoxy) is 1. The lowest BCUT2D eigenvalue weighted by Crippen LogP contribution is -2.31. The smallest absolute Gasteiger partial charge is 0.159 e. The molecule has 0 bridgehead atoms. The van der Waals surface area contributed by atoms with Crippen molar-refractivity contribution >= 4 is 0 Å². The molecule has 4 aromatic rings. The fourth-order valence-corrected chi connectivity index (χ4v) is 14.7. The van der Waals surface area contributed by atoms with Crippen LogP contribution < -0.4 is 0 Å². The van der Waals surface area contributed by atoms with E-state index in [0.29, 0.717) is 23.0 Å². The van der Waals surface area contributed by atoms with Gasteiger partial charge in [-0.15, -0.1) is 0 Å². The summed E-state index contributed by atoms with van der Waals surface area (Å²) in [6.07, 6.45) is 43.0. The van der Waals surface area contributed by atoms with E-state index in [2.05, 4.69) is 62.4 Å². The largest absolute Gasteiger partial charge is 0.365 e. The van der Waals surface area contributed by atoms with Crippen molar-refractivity contribution in [3.63, 3.8) is 0 Å². The molecule has 5 heteroatoms. The molecule has 0 heterocycles. The summed E-state index contributed by atoms with van der Waals surface area (Å²) in [7, 11) is 0. The van der Waals surface area contributed by atoms with Gasteiger partial charge in [0.1, 0.15) is 0 Å². The van der Waals surface area contributed by atoms with Crippen LogP contribution in [-0.4, -0.2) is 0 Å². The third kappa shape index (κ3) is 16.3. The maximum Gasteiger partial charge on any atom is 0.159 e. The minimum Gasteiger partial charge on any atom is -0.365 e. The minimum atomic E-state index is -0.833. The minimum absolute atomic E-state index is 0.113. The van der Waals surface area contributed by atoms with E-state index in [1.165, 1.54) is 204 Å². The first-order valence-corrected chi connectivity index (χ1v) is 30.5. The molecule has 4 fully saturated rings. The van der Waals surface area contributed by atoms with Crippen LogP contribution >= 0.6 is 0 Å². The maximum atomic E-state index is 14.5. The van der Waals surface area contributed by atoms with Gasteiger partial charge in [-0.2, -0.15) is 0 Å². The molecular weight excluding hydrogens is 909 g/mol. The van der Waals surface area contributed by atoms with E-state index in [1.807, 2.05) is 0 Å². The number of hydrogen-bond donors (Lipinski definition) is 0. The summed E-state index contributed by atoms with van der Waals surface area (Å²) >= 11 is 0. The van der Waals surface area contributed by atoms with Crippen LogP contribution in [0.2, 0.25) is 0 Å². The van der Waals surface area contributed by atoms with Crippen molar-refractivity contribution in [1.29, 1.82) is 0 Å². The molecule has 0 radical (unpaired) electrons. The molecule has 4 saturated carbocycles. The number of hydrogen-bond acceptors (Lipinski definition) is 1. The van der Waals surface area contributed by atoms with Crippen LogP contribution in [0.5, 0.6) is 0 Å².